The standard InChI is InChI=1S/C14H23NO4/c1-14(19-2)7-4-8-15(9-14)12(16)10-5-3-6-11(10)13(17)18/h10-11H,3-9H2,1-2H3,(H,17,18). The molecule has 1 heterocycles. The van der Waals surface area contributed by atoms with Crippen molar-refractivity contribution in [1.82, 2.24) is 4.90 Å². The van der Waals surface area contributed by atoms with Crippen LogP contribution in [0.5, 0.6) is 0 Å². The third-order valence-corrected chi connectivity index (χ3v) is 4.61. The minimum atomic E-state index is -0.831. The number of hydrogen-bond donors (Lipinski definition) is 1. The predicted molar refractivity (Wildman–Crippen MR) is 69.7 cm³/mol. The number of likely N-dealkylation sites (tertiary alicyclic amines) is 1. The molecule has 0 bridgehead atoms. The van der Waals surface area contributed by atoms with E-state index >= 15 is 0 Å². The summed E-state index contributed by atoms with van der Waals surface area (Å²) in [6.07, 6.45) is 4.03. The van der Waals surface area contributed by atoms with Gasteiger partial charge in [0.2, 0.25) is 5.91 Å². The molecule has 1 amide bonds. The molecule has 1 aliphatic carbocycles. The van der Waals surface area contributed by atoms with E-state index in [-0.39, 0.29) is 17.4 Å². The van der Waals surface area contributed by atoms with E-state index in [9.17, 15) is 14.7 Å². The number of carboxylic acids is 1. The number of carbonyl (C=O) groups excluding carboxylic acids is 1. The highest BCUT2D eigenvalue weighted by atomic mass is 16.5. The lowest BCUT2D eigenvalue weighted by molar-refractivity contribution is -0.152. The van der Waals surface area contributed by atoms with Crippen LogP contribution in [-0.2, 0) is 14.3 Å². The zero-order chi connectivity index (χ0) is 14.0. The fourth-order valence-electron chi connectivity index (χ4n) is 3.35. The summed E-state index contributed by atoms with van der Waals surface area (Å²) in [5, 5.41) is 9.18. The van der Waals surface area contributed by atoms with E-state index in [1.807, 2.05) is 6.92 Å². The van der Waals surface area contributed by atoms with Gasteiger partial charge in [-0.05, 0) is 32.6 Å². The topological polar surface area (TPSA) is 66.8 Å². The number of hydrogen-bond acceptors (Lipinski definition) is 3. The van der Waals surface area contributed by atoms with Gasteiger partial charge in [0.1, 0.15) is 0 Å². The first-order valence-electron chi connectivity index (χ1n) is 7.03. The van der Waals surface area contributed by atoms with Crippen LogP contribution in [0.25, 0.3) is 0 Å². The maximum atomic E-state index is 12.5. The maximum absolute atomic E-state index is 12.5. The van der Waals surface area contributed by atoms with Crippen molar-refractivity contribution >= 4 is 11.9 Å². The van der Waals surface area contributed by atoms with Crippen LogP contribution < -0.4 is 0 Å². The van der Waals surface area contributed by atoms with Crippen LogP contribution in [0.15, 0.2) is 0 Å². The summed E-state index contributed by atoms with van der Waals surface area (Å²) in [4.78, 5) is 25.5. The second kappa shape index (κ2) is 5.49. The first-order valence-corrected chi connectivity index (χ1v) is 7.03. The number of nitrogens with zero attached hydrogens (tertiary/aromatic N) is 1. The highest BCUT2D eigenvalue weighted by Crippen LogP contribution is 2.35. The van der Waals surface area contributed by atoms with Gasteiger partial charge >= 0.3 is 5.97 Å². The van der Waals surface area contributed by atoms with E-state index in [2.05, 4.69) is 0 Å². The third kappa shape index (κ3) is 2.91. The van der Waals surface area contributed by atoms with Crippen LogP contribution in [0.4, 0.5) is 0 Å². The molecular formula is C14H23NO4. The summed E-state index contributed by atoms with van der Waals surface area (Å²) in [5.74, 6) is -1.66. The van der Waals surface area contributed by atoms with Crippen molar-refractivity contribution in [3.8, 4) is 0 Å². The number of piperidine rings is 1. The Balaban J connectivity index is 2.05. The molecule has 5 nitrogen and oxygen atoms in total. The molecule has 0 aromatic heterocycles. The second-order valence-corrected chi connectivity index (χ2v) is 6.00. The van der Waals surface area contributed by atoms with E-state index in [0.29, 0.717) is 19.4 Å². The lowest BCUT2D eigenvalue weighted by Crippen LogP contribution is -2.51. The Morgan fingerprint density at radius 3 is 2.58 bits per heavy atom. The monoisotopic (exact) mass is 269 g/mol. The van der Waals surface area contributed by atoms with Crippen molar-refractivity contribution in [2.75, 3.05) is 20.2 Å². The van der Waals surface area contributed by atoms with Gasteiger partial charge < -0.3 is 14.7 Å². The number of carbonyl (C=O) groups is 2. The summed E-state index contributed by atoms with van der Waals surface area (Å²) in [5.41, 5.74) is -0.286. The SMILES string of the molecule is COC1(C)CCCN(C(=O)C2CCCC2C(=O)O)C1. The Kier molecular flexibility index (Phi) is 4.13. The molecular weight excluding hydrogens is 246 g/mol. The Morgan fingerprint density at radius 2 is 1.95 bits per heavy atom. The van der Waals surface area contributed by atoms with Gasteiger partial charge in [0, 0.05) is 20.2 Å². The summed E-state index contributed by atoms with van der Waals surface area (Å²) in [6.45, 7) is 3.31. The summed E-state index contributed by atoms with van der Waals surface area (Å²) in [6, 6.07) is 0. The summed E-state index contributed by atoms with van der Waals surface area (Å²) >= 11 is 0. The van der Waals surface area contributed by atoms with E-state index in [1.54, 1.807) is 12.0 Å². The fourth-order valence-corrected chi connectivity index (χ4v) is 3.35. The lowest BCUT2D eigenvalue weighted by Gasteiger charge is -2.40. The molecule has 3 atom stereocenters. The molecule has 0 radical (unpaired) electrons. The maximum Gasteiger partial charge on any atom is 0.307 e. The molecule has 19 heavy (non-hydrogen) atoms. The second-order valence-electron chi connectivity index (χ2n) is 6.00. The lowest BCUT2D eigenvalue weighted by atomic mass is 9.90. The molecule has 1 aliphatic heterocycles. The van der Waals surface area contributed by atoms with E-state index in [4.69, 9.17) is 4.74 Å². The molecule has 0 aromatic rings. The normalized spacial score (nSPS) is 35.4. The molecule has 0 aromatic carbocycles. The zero-order valence-corrected chi connectivity index (χ0v) is 11.7. The van der Waals surface area contributed by atoms with Gasteiger partial charge in [-0.3, -0.25) is 9.59 Å². The predicted octanol–water partition coefficient (Wildman–Crippen LogP) is 1.51. The van der Waals surface area contributed by atoms with Crippen LogP contribution in [-0.4, -0.2) is 47.7 Å². The number of aliphatic carboxylic acids is 1. The minimum Gasteiger partial charge on any atom is -0.481 e. The molecule has 108 valence electrons. The fraction of sp³-hybridized carbons (Fsp3) is 0.857. The van der Waals surface area contributed by atoms with Gasteiger partial charge in [-0.1, -0.05) is 6.42 Å². The van der Waals surface area contributed by atoms with Crippen LogP contribution in [0, 0.1) is 11.8 Å². The van der Waals surface area contributed by atoms with Gasteiger partial charge in [0.15, 0.2) is 0 Å². The van der Waals surface area contributed by atoms with Crippen molar-refractivity contribution in [3.05, 3.63) is 0 Å². The van der Waals surface area contributed by atoms with Crippen LogP contribution in [0.3, 0.4) is 0 Å². The van der Waals surface area contributed by atoms with Crippen LogP contribution in [0.1, 0.15) is 39.0 Å². The van der Waals surface area contributed by atoms with E-state index in [0.717, 1.165) is 25.8 Å². The van der Waals surface area contributed by atoms with Crippen molar-refractivity contribution < 1.29 is 19.4 Å². The quantitative estimate of drug-likeness (QED) is 0.843. The number of methoxy groups -OCH3 is 1. The Hall–Kier alpha value is -1.10. The molecule has 5 heteroatoms. The van der Waals surface area contributed by atoms with Crippen molar-refractivity contribution in [1.29, 1.82) is 0 Å². The first-order chi connectivity index (χ1) is 8.97. The van der Waals surface area contributed by atoms with E-state index in [1.165, 1.54) is 0 Å². The summed E-state index contributed by atoms with van der Waals surface area (Å²) < 4.78 is 5.49. The van der Waals surface area contributed by atoms with Gasteiger partial charge in [-0.2, -0.15) is 0 Å². The Labute approximate surface area is 113 Å². The van der Waals surface area contributed by atoms with Gasteiger partial charge in [-0.15, -0.1) is 0 Å². The van der Waals surface area contributed by atoms with Crippen LogP contribution in [0.2, 0.25) is 0 Å². The van der Waals surface area contributed by atoms with Gasteiger partial charge in [0.25, 0.3) is 0 Å². The third-order valence-electron chi connectivity index (χ3n) is 4.61. The minimum absolute atomic E-state index is 0.00729. The average Bonchev–Trinajstić information content (AvgIpc) is 2.87. The molecule has 2 fully saturated rings. The van der Waals surface area contributed by atoms with Crippen molar-refractivity contribution in [3.63, 3.8) is 0 Å². The number of amides is 1. The summed E-state index contributed by atoms with van der Waals surface area (Å²) in [7, 11) is 1.67. The molecule has 2 rings (SSSR count). The number of carboxylic acid groups (broad SMARTS) is 1. The molecule has 1 saturated heterocycles. The molecule has 3 unspecified atom stereocenters. The zero-order valence-electron chi connectivity index (χ0n) is 11.7. The Morgan fingerprint density at radius 1 is 1.26 bits per heavy atom. The van der Waals surface area contributed by atoms with Crippen molar-refractivity contribution in [2.45, 2.75) is 44.6 Å². The highest BCUT2D eigenvalue weighted by molar-refractivity contribution is 5.85. The molecule has 1 N–H and O–H groups in total. The molecule has 1 saturated carbocycles. The smallest absolute Gasteiger partial charge is 0.307 e. The molecule has 2 aliphatic rings. The first kappa shape index (κ1) is 14.3. The van der Waals surface area contributed by atoms with Crippen molar-refractivity contribution in [2.24, 2.45) is 11.8 Å². The Bertz CT molecular complexity index is 370. The van der Waals surface area contributed by atoms with Gasteiger partial charge in [0.05, 0.1) is 17.4 Å². The largest absolute Gasteiger partial charge is 0.481 e. The van der Waals surface area contributed by atoms with Gasteiger partial charge in [-0.25, -0.2) is 0 Å². The number of ether oxygens (including phenoxy) is 1. The van der Waals surface area contributed by atoms with E-state index < -0.39 is 11.9 Å². The molecule has 0 spiro atoms. The van der Waals surface area contributed by atoms with Crippen LogP contribution >= 0.6 is 0 Å². The highest BCUT2D eigenvalue weighted by Gasteiger charge is 2.42. The number of rotatable bonds is 3. The average molecular weight is 269 g/mol.